The van der Waals surface area contributed by atoms with Gasteiger partial charge in [-0.2, -0.15) is 0 Å². The molecular weight excluding hydrogens is 261 g/mol. The van der Waals surface area contributed by atoms with E-state index < -0.39 is 0 Å². The summed E-state index contributed by atoms with van der Waals surface area (Å²) in [7, 11) is 1.87. The van der Waals surface area contributed by atoms with Gasteiger partial charge in [-0.1, -0.05) is 41.4 Å². The fourth-order valence-electron chi connectivity index (χ4n) is 2.34. The van der Waals surface area contributed by atoms with E-state index >= 15 is 0 Å². The second-order valence-corrected chi connectivity index (χ2v) is 5.16. The molecule has 2 aromatic rings. The number of nitrogens with one attached hydrogen (secondary N) is 1. The lowest BCUT2D eigenvalue weighted by Crippen LogP contribution is -2.19. The second-order valence-electron chi connectivity index (χ2n) is 4.76. The minimum absolute atomic E-state index is 0.0348. The number of halogens is 2. The molecule has 1 nitrogen and oxygen atoms in total. The van der Waals surface area contributed by atoms with Crippen molar-refractivity contribution in [3.05, 3.63) is 69.5 Å². The Labute approximate surface area is 118 Å². The Kier molecular flexibility index (Phi) is 4.23. The molecule has 100 valence electrons. The summed E-state index contributed by atoms with van der Waals surface area (Å²) in [6.07, 6.45) is 0. The van der Waals surface area contributed by atoms with Gasteiger partial charge in [-0.3, -0.25) is 0 Å². The summed E-state index contributed by atoms with van der Waals surface area (Å²) in [6.45, 7) is 4.13. The van der Waals surface area contributed by atoms with Crippen molar-refractivity contribution < 1.29 is 4.39 Å². The van der Waals surface area contributed by atoms with E-state index in [0.29, 0.717) is 0 Å². The Bertz CT molecular complexity index is 595. The predicted molar refractivity (Wildman–Crippen MR) is 78.2 cm³/mol. The van der Waals surface area contributed by atoms with Crippen molar-refractivity contribution in [2.75, 3.05) is 7.05 Å². The minimum Gasteiger partial charge on any atom is -0.309 e. The summed E-state index contributed by atoms with van der Waals surface area (Å²) in [5.74, 6) is -0.385. The van der Waals surface area contributed by atoms with Gasteiger partial charge in [0, 0.05) is 0 Å². The first-order chi connectivity index (χ1) is 9.02. The monoisotopic (exact) mass is 277 g/mol. The fourth-order valence-corrected chi connectivity index (χ4v) is 2.46. The highest BCUT2D eigenvalue weighted by Gasteiger charge is 2.15. The standard InChI is InChI=1S/C16H17ClFN/c1-10-4-6-13(11(2)8-10)16(19-3)12-5-7-14(17)15(18)9-12/h4-9,16,19H,1-3H3. The van der Waals surface area contributed by atoms with Crippen LogP contribution in [-0.2, 0) is 0 Å². The number of hydrogen-bond donors (Lipinski definition) is 1. The smallest absolute Gasteiger partial charge is 0.142 e. The molecule has 0 saturated carbocycles. The molecule has 0 heterocycles. The van der Waals surface area contributed by atoms with Gasteiger partial charge < -0.3 is 5.32 Å². The number of aryl methyl sites for hydroxylation is 2. The van der Waals surface area contributed by atoms with Gasteiger partial charge in [-0.25, -0.2) is 4.39 Å². The third kappa shape index (κ3) is 2.96. The highest BCUT2D eigenvalue weighted by molar-refractivity contribution is 6.30. The summed E-state index contributed by atoms with van der Waals surface area (Å²) in [6, 6.07) is 11.2. The van der Waals surface area contributed by atoms with Gasteiger partial charge in [0.1, 0.15) is 5.82 Å². The lowest BCUT2D eigenvalue weighted by Gasteiger charge is -2.20. The summed E-state index contributed by atoms with van der Waals surface area (Å²) in [4.78, 5) is 0. The van der Waals surface area contributed by atoms with E-state index in [1.165, 1.54) is 17.2 Å². The predicted octanol–water partition coefficient (Wildman–Crippen LogP) is 4.40. The van der Waals surface area contributed by atoms with E-state index in [1.807, 2.05) is 13.1 Å². The molecule has 0 radical (unpaired) electrons. The molecule has 1 N–H and O–H groups in total. The average molecular weight is 278 g/mol. The maximum atomic E-state index is 13.6. The van der Waals surface area contributed by atoms with Gasteiger partial charge >= 0.3 is 0 Å². The van der Waals surface area contributed by atoms with Crippen molar-refractivity contribution in [3.8, 4) is 0 Å². The number of rotatable bonds is 3. The topological polar surface area (TPSA) is 12.0 Å². The van der Waals surface area contributed by atoms with Gasteiger partial charge in [0.15, 0.2) is 0 Å². The molecule has 0 saturated heterocycles. The van der Waals surface area contributed by atoms with Crippen LogP contribution in [0.2, 0.25) is 5.02 Å². The van der Waals surface area contributed by atoms with Gasteiger partial charge in [-0.05, 0) is 49.7 Å². The van der Waals surface area contributed by atoms with Gasteiger partial charge in [0.25, 0.3) is 0 Å². The van der Waals surface area contributed by atoms with Crippen molar-refractivity contribution in [1.29, 1.82) is 0 Å². The van der Waals surface area contributed by atoms with Crippen LogP contribution in [0, 0.1) is 19.7 Å². The van der Waals surface area contributed by atoms with Crippen LogP contribution in [-0.4, -0.2) is 7.05 Å². The van der Waals surface area contributed by atoms with Crippen LogP contribution in [0.1, 0.15) is 28.3 Å². The maximum Gasteiger partial charge on any atom is 0.142 e. The molecular formula is C16H17ClFN. The Morgan fingerprint density at radius 3 is 2.42 bits per heavy atom. The third-order valence-corrected chi connectivity index (χ3v) is 3.61. The van der Waals surface area contributed by atoms with E-state index in [1.54, 1.807) is 6.07 Å². The first-order valence-corrected chi connectivity index (χ1v) is 6.60. The van der Waals surface area contributed by atoms with E-state index in [0.717, 1.165) is 11.1 Å². The molecule has 2 rings (SSSR count). The summed E-state index contributed by atoms with van der Waals surface area (Å²) < 4.78 is 13.6. The molecule has 0 amide bonds. The van der Waals surface area contributed by atoms with E-state index in [-0.39, 0.29) is 16.9 Å². The summed E-state index contributed by atoms with van der Waals surface area (Å²) in [5, 5.41) is 3.38. The molecule has 0 aliphatic carbocycles. The fraction of sp³-hybridized carbons (Fsp3) is 0.250. The van der Waals surface area contributed by atoms with Gasteiger partial charge in [0.2, 0.25) is 0 Å². The highest BCUT2D eigenvalue weighted by atomic mass is 35.5. The zero-order valence-corrected chi connectivity index (χ0v) is 12.1. The lowest BCUT2D eigenvalue weighted by molar-refractivity contribution is 0.616. The molecule has 19 heavy (non-hydrogen) atoms. The summed E-state index contributed by atoms with van der Waals surface area (Å²) in [5.41, 5.74) is 4.43. The highest BCUT2D eigenvalue weighted by Crippen LogP contribution is 2.27. The van der Waals surface area contributed by atoms with Crippen LogP contribution in [0.5, 0.6) is 0 Å². The quantitative estimate of drug-likeness (QED) is 0.876. The second kappa shape index (κ2) is 5.72. The molecule has 2 aromatic carbocycles. The SMILES string of the molecule is CNC(c1ccc(Cl)c(F)c1)c1ccc(C)cc1C. The van der Waals surface area contributed by atoms with Crippen molar-refractivity contribution in [3.63, 3.8) is 0 Å². The zero-order chi connectivity index (χ0) is 14.0. The number of hydrogen-bond acceptors (Lipinski definition) is 1. The molecule has 0 spiro atoms. The first kappa shape index (κ1) is 14.0. The Hall–Kier alpha value is -1.38. The molecule has 3 heteroatoms. The Balaban J connectivity index is 2.46. The van der Waals surface area contributed by atoms with E-state index in [4.69, 9.17) is 11.6 Å². The first-order valence-electron chi connectivity index (χ1n) is 6.22. The Morgan fingerprint density at radius 2 is 1.84 bits per heavy atom. The van der Waals surface area contributed by atoms with Crippen LogP contribution in [0.15, 0.2) is 36.4 Å². The van der Waals surface area contributed by atoms with E-state index in [2.05, 4.69) is 37.4 Å². The van der Waals surface area contributed by atoms with Crippen molar-refractivity contribution in [1.82, 2.24) is 5.32 Å². The lowest BCUT2D eigenvalue weighted by atomic mass is 9.94. The normalized spacial score (nSPS) is 12.5. The molecule has 0 aliphatic rings. The molecule has 0 aliphatic heterocycles. The van der Waals surface area contributed by atoms with Crippen LogP contribution in [0.25, 0.3) is 0 Å². The number of benzene rings is 2. The molecule has 0 aromatic heterocycles. The van der Waals surface area contributed by atoms with Crippen LogP contribution < -0.4 is 5.32 Å². The van der Waals surface area contributed by atoms with Gasteiger partial charge in [-0.15, -0.1) is 0 Å². The molecule has 1 atom stereocenters. The van der Waals surface area contributed by atoms with Crippen LogP contribution in [0.4, 0.5) is 4.39 Å². The Morgan fingerprint density at radius 1 is 1.11 bits per heavy atom. The van der Waals surface area contributed by atoms with E-state index in [9.17, 15) is 4.39 Å². The maximum absolute atomic E-state index is 13.6. The third-order valence-electron chi connectivity index (χ3n) is 3.30. The largest absolute Gasteiger partial charge is 0.309 e. The van der Waals surface area contributed by atoms with Crippen molar-refractivity contribution in [2.24, 2.45) is 0 Å². The molecule has 0 fully saturated rings. The van der Waals surface area contributed by atoms with Crippen LogP contribution >= 0.6 is 11.6 Å². The molecule has 0 bridgehead atoms. The van der Waals surface area contributed by atoms with Crippen molar-refractivity contribution >= 4 is 11.6 Å². The van der Waals surface area contributed by atoms with Crippen LogP contribution in [0.3, 0.4) is 0 Å². The van der Waals surface area contributed by atoms with Crippen molar-refractivity contribution in [2.45, 2.75) is 19.9 Å². The average Bonchev–Trinajstić information content (AvgIpc) is 2.37. The zero-order valence-electron chi connectivity index (χ0n) is 11.3. The summed E-state index contributed by atoms with van der Waals surface area (Å²) >= 11 is 5.73. The molecule has 1 unspecified atom stereocenters. The minimum atomic E-state index is -0.385. The van der Waals surface area contributed by atoms with Gasteiger partial charge in [0.05, 0.1) is 11.1 Å².